The number of hydrogen-bond donors (Lipinski definition) is 1. The van der Waals surface area contributed by atoms with Crippen molar-refractivity contribution in [3.63, 3.8) is 0 Å². The molecule has 3 aromatic rings. The smallest absolute Gasteiger partial charge is 0.250 e. The molecule has 3 rings (SSSR count). The lowest BCUT2D eigenvalue weighted by molar-refractivity contribution is 0.580. The number of nitrogens with zero attached hydrogens (tertiary/aromatic N) is 4. The van der Waals surface area contributed by atoms with Crippen LogP contribution < -0.4 is 5.56 Å². The first-order valence-electron chi connectivity index (χ1n) is 7.20. The van der Waals surface area contributed by atoms with Gasteiger partial charge in [0.25, 0.3) is 0 Å². The van der Waals surface area contributed by atoms with Gasteiger partial charge in [0.2, 0.25) is 5.56 Å². The number of unbranched alkanes of at least 4 members (excludes halogenated alkanes) is 1. The Morgan fingerprint density at radius 1 is 1.33 bits per heavy atom. The largest absolute Gasteiger partial charge is 0.307 e. The number of aryl methyl sites for hydroxylation is 3. The summed E-state index contributed by atoms with van der Waals surface area (Å²) in [5, 5.41) is 9.96. The monoisotopic (exact) mass is 285 g/mol. The molecule has 0 aromatic carbocycles. The topological polar surface area (TPSA) is 68.5 Å². The molecule has 0 fully saturated rings. The van der Waals surface area contributed by atoms with Gasteiger partial charge in [0.15, 0.2) is 0 Å². The van der Waals surface area contributed by atoms with E-state index in [9.17, 15) is 4.79 Å². The highest BCUT2D eigenvalue weighted by Gasteiger charge is 2.15. The molecule has 3 heterocycles. The van der Waals surface area contributed by atoms with Crippen LogP contribution in [-0.2, 0) is 13.6 Å². The predicted molar refractivity (Wildman–Crippen MR) is 82.2 cm³/mol. The lowest BCUT2D eigenvalue weighted by atomic mass is 10.1. The average molecular weight is 285 g/mol. The molecule has 3 aromatic heterocycles. The summed E-state index contributed by atoms with van der Waals surface area (Å²) in [6.07, 6.45) is 4.00. The Morgan fingerprint density at radius 2 is 2.14 bits per heavy atom. The maximum Gasteiger partial charge on any atom is 0.250 e. The molecule has 0 aliphatic rings. The molecule has 0 aliphatic carbocycles. The maximum absolute atomic E-state index is 12.0. The molecule has 21 heavy (non-hydrogen) atoms. The number of aromatic nitrogens is 5. The highest BCUT2D eigenvalue weighted by Crippen LogP contribution is 2.27. The van der Waals surface area contributed by atoms with Crippen molar-refractivity contribution in [3.8, 4) is 11.3 Å². The Hall–Kier alpha value is -2.37. The lowest BCUT2D eigenvalue weighted by Crippen LogP contribution is -2.09. The van der Waals surface area contributed by atoms with Gasteiger partial charge in [-0.1, -0.05) is 13.3 Å². The first-order valence-corrected chi connectivity index (χ1v) is 7.20. The summed E-state index contributed by atoms with van der Waals surface area (Å²) < 4.78 is 3.63. The number of pyridine rings is 1. The first-order chi connectivity index (χ1) is 10.1. The van der Waals surface area contributed by atoms with Crippen LogP contribution in [0.4, 0.5) is 0 Å². The standard InChI is InChI=1S/C15H19N5O/c1-4-5-7-20-15-14(10(2)17-20)11(9-13(21)16-15)12-6-8-19(3)18-12/h6,8-9H,4-5,7H2,1-3H3,(H,16,21). The molecule has 1 N–H and O–H groups in total. The van der Waals surface area contributed by atoms with Crippen LogP contribution in [-0.4, -0.2) is 24.5 Å². The minimum Gasteiger partial charge on any atom is -0.307 e. The van der Waals surface area contributed by atoms with E-state index in [-0.39, 0.29) is 5.56 Å². The summed E-state index contributed by atoms with van der Waals surface area (Å²) in [6, 6.07) is 3.51. The molecule has 0 amide bonds. The number of H-pyrrole nitrogens is 1. The van der Waals surface area contributed by atoms with Crippen molar-refractivity contribution in [1.29, 1.82) is 0 Å². The van der Waals surface area contributed by atoms with E-state index in [1.165, 1.54) is 0 Å². The second-order valence-corrected chi connectivity index (χ2v) is 5.31. The van der Waals surface area contributed by atoms with Crippen LogP contribution in [0.5, 0.6) is 0 Å². The molecule has 0 aliphatic heterocycles. The predicted octanol–water partition coefficient (Wildman–Crippen LogP) is 2.23. The van der Waals surface area contributed by atoms with Crippen LogP contribution in [0.2, 0.25) is 0 Å². The van der Waals surface area contributed by atoms with E-state index in [4.69, 9.17) is 0 Å². The molecule has 0 saturated carbocycles. The van der Waals surface area contributed by atoms with Gasteiger partial charge in [-0.05, 0) is 19.4 Å². The highest BCUT2D eigenvalue weighted by atomic mass is 16.1. The normalized spacial score (nSPS) is 11.4. The van der Waals surface area contributed by atoms with Gasteiger partial charge in [-0.3, -0.25) is 9.48 Å². The molecular formula is C15H19N5O. The van der Waals surface area contributed by atoms with Crippen LogP contribution in [0.1, 0.15) is 25.5 Å². The minimum absolute atomic E-state index is 0.124. The molecule has 6 heteroatoms. The third-order valence-electron chi connectivity index (χ3n) is 3.63. The number of rotatable bonds is 4. The summed E-state index contributed by atoms with van der Waals surface area (Å²) in [5.41, 5.74) is 3.22. The van der Waals surface area contributed by atoms with Gasteiger partial charge in [-0.15, -0.1) is 0 Å². The second-order valence-electron chi connectivity index (χ2n) is 5.31. The number of nitrogens with one attached hydrogen (secondary N) is 1. The molecule has 0 bridgehead atoms. The van der Waals surface area contributed by atoms with E-state index in [1.54, 1.807) is 10.7 Å². The van der Waals surface area contributed by atoms with Crippen LogP contribution in [0.15, 0.2) is 23.1 Å². The molecular weight excluding hydrogens is 266 g/mol. The van der Waals surface area contributed by atoms with E-state index in [0.29, 0.717) is 0 Å². The highest BCUT2D eigenvalue weighted by molar-refractivity contribution is 5.93. The Kier molecular flexibility index (Phi) is 3.37. The summed E-state index contributed by atoms with van der Waals surface area (Å²) >= 11 is 0. The summed E-state index contributed by atoms with van der Waals surface area (Å²) in [6.45, 7) is 4.92. The van der Waals surface area contributed by atoms with Crippen LogP contribution in [0.3, 0.4) is 0 Å². The SMILES string of the molecule is CCCCn1nc(C)c2c(-c3ccn(C)n3)cc(=O)[nH]c21. The number of fused-ring (bicyclic) bond motifs is 1. The summed E-state index contributed by atoms with van der Waals surface area (Å²) in [7, 11) is 1.87. The Balaban J connectivity index is 2.25. The number of aromatic amines is 1. The Bertz CT molecular complexity index is 839. The molecule has 0 saturated heterocycles. The third-order valence-corrected chi connectivity index (χ3v) is 3.63. The molecule has 0 radical (unpaired) electrons. The zero-order valence-corrected chi connectivity index (χ0v) is 12.6. The fourth-order valence-electron chi connectivity index (χ4n) is 2.62. The fourth-order valence-corrected chi connectivity index (χ4v) is 2.62. The van der Waals surface area contributed by atoms with E-state index in [1.807, 2.05) is 30.9 Å². The van der Waals surface area contributed by atoms with Crippen LogP contribution in [0, 0.1) is 6.92 Å². The van der Waals surface area contributed by atoms with Crippen molar-refractivity contribution < 1.29 is 0 Å². The first kappa shape index (κ1) is 13.6. The van der Waals surface area contributed by atoms with Gasteiger partial charge in [0.1, 0.15) is 5.65 Å². The second kappa shape index (κ2) is 5.20. The molecule has 0 spiro atoms. The van der Waals surface area contributed by atoms with Gasteiger partial charge < -0.3 is 4.98 Å². The van der Waals surface area contributed by atoms with Gasteiger partial charge >= 0.3 is 0 Å². The quantitative estimate of drug-likeness (QED) is 0.799. The van der Waals surface area contributed by atoms with E-state index >= 15 is 0 Å². The summed E-state index contributed by atoms with van der Waals surface area (Å²) in [4.78, 5) is 14.9. The van der Waals surface area contributed by atoms with Crippen molar-refractivity contribution >= 4 is 11.0 Å². The van der Waals surface area contributed by atoms with E-state index in [0.717, 1.165) is 47.4 Å². The fraction of sp³-hybridized carbons (Fsp3) is 0.400. The van der Waals surface area contributed by atoms with Gasteiger partial charge in [-0.25, -0.2) is 4.68 Å². The van der Waals surface area contributed by atoms with Crippen molar-refractivity contribution in [1.82, 2.24) is 24.5 Å². The van der Waals surface area contributed by atoms with Crippen molar-refractivity contribution in [2.45, 2.75) is 33.2 Å². The summed E-state index contributed by atoms with van der Waals surface area (Å²) in [5.74, 6) is 0. The zero-order valence-electron chi connectivity index (χ0n) is 12.6. The van der Waals surface area contributed by atoms with Crippen LogP contribution in [0.25, 0.3) is 22.3 Å². The van der Waals surface area contributed by atoms with Crippen molar-refractivity contribution in [3.05, 3.63) is 34.4 Å². The van der Waals surface area contributed by atoms with E-state index < -0.39 is 0 Å². The average Bonchev–Trinajstić information content (AvgIpc) is 3.00. The molecule has 6 nitrogen and oxygen atoms in total. The van der Waals surface area contributed by atoms with Gasteiger partial charge in [-0.2, -0.15) is 10.2 Å². The third kappa shape index (κ3) is 2.37. The molecule has 0 atom stereocenters. The Labute approximate surface area is 122 Å². The molecule has 0 unspecified atom stereocenters. The Morgan fingerprint density at radius 3 is 2.81 bits per heavy atom. The van der Waals surface area contributed by atoms with Gasteiger partial charge in [0, 0.05) is 36.8 Å². The van der Waals surface area contributed by atoms with Gasteiger partial charge in [0.05, 0.1) is 11.4 Å². The maximum atomic E-state index is 12.0. The number of hydrogen-bond acceptors (Lipinski definition) is 3. The lowest BCUT2D eigenvalue weighted by Gasteiger charge is -2.03. The zero-order chi connectivity index (χ0) is 15.0. The van der Waals surface area contributed by atoms with Crippen molar-refractivity contribution in [2.75, 3.05) is 0 Å². The molecule has 110 valence electrons. The van der Waals surface area contributed by atoms with Crippen LogP contribution >= 0.6 is 0 Å². The minimum atomic E-state index is -0.124. The van der Waals surface area contributed by atoms with Crippen molar-refractivity contribution in [2.24, 2.45) is 7.05 Å². The van der Waals surface area contributed by atoms with E-state index in [2.05, 4.69) is 22.1 Å².